The van der Waals surface area contributed by atoms with E-state index >= 15 is 0 Å². The number of nitrogens with zero attached hydrogens (tertiary/aromatic N) is 1. The average Bonchev–Trinajstić information content (AvgIpc) is 3.04. The summed E-state index contributed by atoms with van der Waals surface area (Å²) >= 11 is 1.21. The summed E-state index contributed by atoms with van der Waals surface area (Å²) in [6.45, 7) is 7.03. The fourth-order valence-corrected chi connectivity index (χ4v) is 3.23. The normalized spacial score (nSPS) is 18.9. The zero-order valence-corrected chi connectivity index (χ0v) is 13.1. The van der Waals surface area contributed by atoms with E-state index in [1.54, 1.807) is 5.38 Å². The lowest BCUT2D eigenvalue weighted by Crippen LogP contribution is -2.35. The van der Waals surface area contributed by atoms with Crippen LogP contribution in [0.3, 0.4) is 0 Å². The molecule has 0 spiro atoms. The molecule has 1 unspecified atom stereocenters. The van der Waals surface area contributed by atoms with E-state index in [1.807, 2.05) is 0 Å². The Labute approximate surface area is 128 Å². The van der Waals surface area contributed by atoms with Gasteiger partial charge in [-0.15, -0.1) is 11.3 Å². The predicted octanol–water partition coefficient (Wildman–Crippen LogP) is 2.30. The van der Waals surface area contributed by atoms with Gasteiger partial charge in [0.1, 0.15) is 5.00 Å². The standard InChI is InChI=1S/C14H21N3O3S/c1-9(2)17-5-3-10(8-17)7-15-14(20)16-12-11(13(18)19)4-6-21-12/h4,6,9-10H,3,5,7-8H2,1-2H3,(H,18,19)(H2,15,16,20). The maximum Gasteiger partial charge on any atom is 0.338 e. The second-order valence-electron chi connectivity index (χ2n) is 5.55. The highest BCUT2D eigenvalue weighted by molar-refractivity contribution is 7.14. The summed E-state index contributed by atoms with van der Waals surface area (Å²) in [4.78, 5) is 25.2. The van der Waals surface area contributed by atoms with Crippen molar-refractivity contribution in [3.05, 3.63) is 17.0 Å². The first-order valence-corrected chi connectivity index (χ1v) is 7.95. The number of amides is 2. The van der Waals surface area contributed by atoms with E-state index in [2.05, 4.69) is 29.4 Å². The number of aromatic carboxylic acids is 1. The SMILES string of the molecule is CC(C)N1CCC(CNC(=O)Nc2sccc2C(=O)O)C1. The van der Waals surface area contributed by atoms with Gasteiger partial charge in [-0.2, -0.15) is 0 Å². The molecule has 1 aliphatic heterocycles. The lowest BCUT2D eigenvalue weighted by Gasteiger charge is -2.20. The van der Waals surface area contributed by atoms with Crippen molar-refractivity contribution in [1.82, 2.24) is 10.2 Å². The predicted molar refractivity (Wildman–Crippen MR) is 83.1 cm³/mol. The largest absolute Gasteiger partial charge is 0.478 e. The minimum Gasteiger partial charge on any atom is -0.478 e. The summed E-state index contributed by atoms with van der Waals surface area (Å²) < 4.78 is 0. The maximum absolute atomic E-state index is 11.8. The van der Waals surface area contributed by atoms with Crippen LogP contribution in [0.15, 0.2) is 11.4 Å². The number of carbonyl (C=O) groups is 2. The zero-order chi connectivity index (χ0) is 15.4. The number of anilines is 1. The van der Waals surface area contributed by atoms with Gasteiger partial charge < -0.3 is 15.3 Å². The van der Waals surface area contributed by atoms with Gasteiger partial charge in [-0.25, -0.2) is 9.59 Å². The molecule has 2 amide bonds. The van der Waals surface area contributed by atoms with E-state index in [-0.39, 0.29) is 11.6 Å². The molecule has 21 heavy (non-hydrogen) atoms. The van der Waals surface area contributed by atoms with Gasteiger partial charge in [-0.3, -0.25) is 5.32 Å². The van der Waals surface area contributed by atoms with Crippen LogP contribution in [0.4, 0.5) is 9.80 Å². The molecular formula is C14H21N3O3S. The Morgan fingerprint density at radius 3 is 2.90 bits per heavy atom. The molecule has 116 valence electrons. The molecule has 2 heterocycles. The first kappa shape index (κ1) is 15.8. The molecule has 7 heteroatoms. The Morgan fingerprint density at radius 2 is 2.29 bits per heavy atom. The van der Waals surface area contributed by atoms with Gasteiger partial charge in [0, 0.05) is 19.1 Å². The molecule has 1 fully saturated rings. The number of urea groups is 1. The van der Waals surface area contributed by atoms with E-state index in [1.165, 1.54) is 17.4 Å². The van der Waals surface area contributed by atoms with Crippen LogP contribution in [0.25, 0.3) is 0 Å². The third-order valence-electron chi connectivity index (χ3n) is 3.72. The maximum atomic E-state index is 11.8. The monoisotopic (exact) mass is 311 g/mol. The summed E-state index contributed by atoms with van der Waals surface area (Å²) in [6.07, 6.45) is 1.08. The van der Waals surface area contributed by atoms with Crippen LogP contribution in [0.5, 0.6) is 0 Å². The second-order valence-corrected chi connectivity index (χ2v) is 6.46. The number of carboxylic acid groups (broad SMARTS) is 1. The quantitative estimate of drug-likeness (QED) is 0.779. The van der Waals surface area contributed by atoms with E-state index in [4.69, 9.17) is 5.11 Å². The van der Waals surface area contributed by atoms with Crippen molar-refractivity contribution in [3.63, 3.8) is 0 Å². The van der Waals surface area contributed by atoms with Crippen molar-refractivity contribution >= 4 is 28.3 Å². The van der Waals surface area contributed by atoms with Crippen LogP contribution >= 0.6 is 11.3 Å². The van der Waals surface area contributed by atoms with Gasteiger partial charge in [0.25, 0.3) is 0 Å². The number of carbonyl (C=O) groups excluding carboxylic acids is 1. The van der Waals surface area contributed by atoms with Gasteiger partial charge in [0.2, 0.25) is 0 Å². The lowest BCUT2D eigenvalue weighted by atomic mass is 10.1. The Balaban J connectivity index is 1.78. The molecule has 0 aliphatic carbocycles. The Kier molecular flexibility index (Phi) is 5.19. The van der Waals surface area contributed by atoms with Crippen LogP contribution < -0.4 is 10.6 Å². The number of thiophene rings is 1. The molecule has 0 saturated carbocycles. The highest BCUT2D eigenvalue weighted by Crippen LogP contribution is 2.23. The zero-order valence-electron chi connectivity index (χ0n) is 12.3. The third-order valence-corrected chi connectivity index (χ3v) is 4.55. The third kappa shape index (κ3) is 4.18. The average molecular weight is 311 g/mol. The number of carboxylic acids is 1. The number of hydrogen-bond acceptors (Lipinski definition) is 4. The molecule has 3 N–H and O–H groups in total. The minimum absolute atomic E-state index is 0.127. The van der Waals surface area contributed by atoms with Gasteiger partial charge in [-0.1, -0.05) is 0 Å². The van der Waals surface area contributed by atoms with Crippen LogP contribution in [-0.2, 0) is 0 Å². The van der Waals surface area contributed by atoms with Crippen molar-refractivity contribution in [2.24, 2.45) is 5.92 Å². The van der Waals surface area contributed by atoms with Crippen LogP contribution in [0.2, 0.25) is 0 Å². The molecule has 1 saturated heterocycles. The molecule has 0 bridgehead atoms. The van der Waals surface area contributed by atoms with Crippen molar-refractivity contribution < 1.29 is 14.7 Å². The number of hydrogen-bond donors (Lipinski definition) is 3. The van der Waals surface area contributed by atoms with Crippen molar-refractivity contribution in [2.75, 3.05) is 25.0 Å². The molecule has 0 aromatic carbocycles. The Hall–Kier alpha value is -1.60. The molecule has 6 nitrogen and oxygen atoms in total. The van der Waals surface area contributed by atoms with E-state index in [0.717, 1.165) is 19.5 Å². The van der Waals surface area contributed by atoms with Crippen molar-refractivity contribution in [2.45, 2.75) is 26.3 Å². The summed E-state index contributed by atoms with van der Waals surface area (Å²) in [5, 5.41) is 16.4. The van der Waals surface area contributed by atoms with Crippen LogP contribution in [0.1, 0.15) is 30.6 Å². The number of likely N-dealkylation sites (tertiary alicyclic amines) is 1. The lowest BCUT2D eigenvalue weighted by molar-refractivity contribution is 0.0698. The number of nitrogens with one attached hydrogen (secondary N) is 2. The highest BCUT2D eigenvalue weighted by atomic mass is 32.1. The number of rotatable bonds is 5. The van der Waals surface area contributed by atoms with E-state index in [9.17, 15) is 9.59 Å². The van der Waals surface area contributed by atoms with Gasteiger partial charge >= 0.3 is 12.0 Å². The van der Waals surface area contributed by atoms with Crippen LogP contribution in [0, 0.1) is 5.92 Å². The first-order chi connectivity index (χ1) is 9.97. The molecular weight excluding hydrogens is 290 g/mol. The molecule has 1 aromatic heterocycles. The van der Waals surface area contributed by atoms with Gasteiger partial charge in [0.05, 0.1) is 5.56 Å². The fraction of sp³-hybridized carbons (Fsp3) is 0.571. The molecule has 1 aromatic rings. The van der Waals surface area contributed by atoms with Gasteiger partial charge in [0.15, 0.2) is 0 Å². The van der Waals surface area contributed by atoms with Crippen molar-refractivity contribution in [3.8, 4) is 0 Å². The molecule has 1 atom stereocenters. The van der Waals surface area contributed by atoms with Crippen LogP contribution in [-0.4, -0.2) is 47.7 Å². The first-order valence-electron chi connectivity index (χ1n) is 7.07. The summed E-state index contributed by atoms with van der Waals surface area (Å²) in [5.41, 5.74) is 0.127. The summed E-state index contributed by atoms with van der Waals surface area (Å²) in [7, 11) is 0. The Bertz CT molecular complexity index is 515. The fourth-order valence-electron chi connectivity index (χ4n) is 2.46. The smallest absolute Gasteiger partial charge is 0.338 e. The van der Waals surface area contributed by atoms with Crippen molar-refractivity contribution in [1.29, 1.82) is 0 Å². The molecule has 0 radical (unpaired) electrons. The molecule has 2 rings (SSSR count). The highest BCUT2D eigenvalue weighted by Gasteiger charge is 2.24. The second kappa shape index (κ2) is 6.91. The Morgan fingerprint density at radius 1 is 1.52 bits per heavy atom. The summed E-state index contributed by atoms with van der Waals surface area (Å²) in [5.74, 6) is -0.574. The molecule has 1 aliphatic rings. The van der Waals surface area contributed by atoms with Gasteiger partial charge in [-0.05, 0) is 44.2 Å². The topological polar surface area (TPSA) is 81.7 Å². The van der Waals surface area contributed by atoms with E-state index in [0.29, 0.717) is 23.5 Å². The minimum atomic E-state index is -1.03. The summed E-state index contributed by atoms with van der Waals surface area (Å²) in [6, 6.07) is 1.68. The van der Waals surface area contributed by atoms with E-state index < -0.39 is 5.97 Å².